The zero-order valence-electron chi connectivity index (χ0n) is 20.0. The van der Waals surface area contributed by atoms with E-state index in [0.29, 0.717) is 13.0 Å². The van der Waals surface area contributed by atoms with Crippen LogP contribution in [-0.4, -0.2) is 41.4 Å². The number of ether oxygens (including phenoxy) is 1. The largest absolute Gasteiger partial charge is 0.464 e. The van der Waals surface area contributed by atoms with Crippen molar-refractivity contribution >= 4 is 22.8 Å². The minimum absolute atomic E-state index is 0.0381. The van der Waals surface area contributed by atoms with E-state index in [1.165, 1.54) is 0 Å². The number of carbonyl (C=O) groups is 2. The highest BCUT2D eigenvalue weighted by molar-refractivity contribution is 5.90. The highest BCUT2D eigenvalue weighted by Crippen LogP contribution is 2.32. The summed E-state index contributed by atoms with van der Waals surface area (Å²) >= 11 is 0. The number of fused-ring (bicyclic) bond motifs is 1. The fourth-order valence-corrected chi connectivity index (χ4v) is 4.48. The topological polar surface area (TPSA) is 97.8 Å². The molecule has 1 fully saturated rings. The predicted octanol–water partition coefficient (Wildman–Crippen LogP) is 4.25. The summed E-state index contributed by atoms with van der Waals surface area (Å²) in [4.78, 5) is 27.5. The highest BCUT2D eigenvalue weighted by Gasteiger charge is 2.36. The molecule has 180 valence electrons. The Morgan fingerprint density at radius 1 is 1.15 bits per heavy atom. The zero-order valence-corrected chi connectivity index (χ0v) is 20.0. The van der Waals surface area contributed by atoms with Crippen LogP contribution in [0.5, 0.6) is 11.5 Å². The number of amides is 2. The zero-order chi connectivity index (χ0) is 24.2. The summed E-state index contributed by atoms with van der Waals surface area (Å²) in [5.41, 5.74) is 7.54. The Hall–Kier alpha value is -3.32. The molecule has 0 unspecified atom stereocenters. The summed E-state index contributed by atoms with van der Waals surface area (Å²) < 4.78 is 11.8. The maximum Gasteiger partial charge on any atom is 0.245 e. The number of likely N-dealkylation sites (tertiary alicyclic amines) is 1. The van der Waals surface area contributed by atoms with Crippen molar-refractivity contribution in [2.45, 2.75) is 58.2 Å². The van der Waals surface area contributed by atoms with Gasteiger partial charge >= 0.3 is 0 Å². The molecule has 0 spiro atoms. The molecule has 34 heavy (non-hydrogen) atoms. The number of benzene rings is 2. The van der Waals surface area contributed by atoms with Gasteiger partial charge in [0.25, 0.3) is 0 Å². The lowest BCUT2D eigenvalue weighted by atomic mass is 9.99. The number of nitrogens with two attached hydrogens (primary N) is 1. The molecule has 1 aliphatic heterocycles. The van der Waals surface area contributed by atoms with E-state index in [4.69, 9.17) is 14.9 Å². The summed E-state index contributed by atoms with van der Waals surface area (Å²) in [6.07, 6.45) is 4.29. The summed E-state index contributed by atoms with van der Waals surface area (Å²) in [7, 11) is 0. The van der Waals surface area contributed by atoms with Crippen LogP contribution in [0, 0.1) is 5.92 Å². The van der Waals surface area contributed by atoms with Gasteiger partial charge in [0.15, 0.2) is 0 Å². The fourth-order valence-electron chi connectivity index (χ4n) is 4.48. The van der Waals surface area contributed by atoms with Gasteiger partial charge in [-0.05, 0) is 62.4 Å². The van der Waals surface area contributed by atoms with Crippen molar-refractivity contribution in [3.05, 3.63) is 60.4 Å². The SMILES string of the molecule is CC(C)[C@H](NC(=O)[C@H](C)N)C(=O)N1CCC[C@H]1Cc1coc2ccc(Oc3ccccc3)cc12. The van der Waals surface area contributed by atoms with E-state index < -0.39 is 12.1 Å². The first-order valence-electron chi connectivity index (χ1n) is 11.9. The van der Waals surface area contributed by atoms with E-state index in [0.717, 1.165) is 40.9 Å². The van der Waals surface area contributed by atoms with Gasteiger partial charge in [-0.1, -0.05) is 32.0 Å². The van der Waals surface area contributed by atoms with Crippen LogP contribution < -0.4 is 15.8 Å². The van der Waals surface area contributed by atoms with Crippen molar-refractivity contribution in [3.63, 3.8) is 0 Å². The molecular weight excluding hydrogens is 430 g/mol. The lowest BCUT2D eigenvalue weighted by Crippen LogP contribution is -2.55. The summed E-state index contributed by atoms with van der Waals surface area (Å²) in [5.74, 6) is 1.11. The Kier molecular flexibility index (Phi) is 7.22. The second-order valence-corrected chi connectivity index (χ2v) is 9.38. The molecule has 0 saturated carbocycles. The summed E-state index contributed by atoms with van der Waals surface area (Å²) in [6.45, 7) is 6.18. The monoisotopic (exact) mass is 463 g/mol. The van der Waals surface area contributed by atoms with Crippen molar-refractivity contribution in [1.82, 2.24) is 10.2 Å². The lowest BCUT2D eigenvalue weighted by Gasteiger charge is -2.31. The van der Waals surface area contributed by atoms with Gasteiger partial charge in [0, 0.05) is 23.5 Å². The van der Waals surface area contributed by atoms with Crippen LogP contribution in [-0.2, 0) is 16.0 Å². The van der Waals surface area contributed by atoms with Crippen LogP contribution >= 0.6 is 0 Å². The van der Waals surface area contributed by atoms with Gasteiger partial charge in [0.1, 0.15) is 23.1 Å². The third-order valence-corrected chi connectivity index (χ3v) is 6.36. The summed E-state index contributed by atoms with van der Waals surface area (Å²) in [5, 5.41) is 3.83. The van der Waals surface area contributed by atoms with Crippen molar-refractivity contribution in [1.29, 1.82) is 0 Å². The Labute approximate surface area is 200 Å². The molecule has 2 heterocycles. The van der Waals surface area contributed by atoms with Crippen molar-refractivity contribution in [2.75, 3.05) is 6.54 Å². The summed E-state index contributed by atoms with van der Waals surface area (Å²) in [6, 6.07) is 14.2. The Morgan fingerprint density at radius 3 is 2.62 bits per heavy atom. The second-order valence-electron chi connectivity index (χ2n) is 9.38. The predicted molar refractivity (Wildman–Crippen MR) is 132 cm³/mol. The molecule has 1 saturated heterocycles. The molecule has 7 nitrogen and oxygen atoms in total. The molecule has 0 aliphatic carbocycles. The van der Waals surface area contributed by atoms with Gasteiger partial charge in [-0.3, -0.25) is 9.59 Å². The Bertz CT molecular complexity index is 1140. The normalized spacial score (nSPS) is 17.7. The molecule has 7 heteroatoms. The van der Waals surface area contributed by atoms with Gasteiger partial charge in [-0.2, -0.15) is 0 Å². The van der Waals surface area contributed by atoms with E-state index in [9.17, 15) is 9.59 Å². The van der Waals surface area contributed by atoms with E-state index in [1.807, 2.05) is 67.3 Å². The fraction of sp³-hybridized carbons (Fsp3) is 0.407. The third kappa shape index (κ3) is 5.25. The van der Waals surface area contributed by atoms with Crippen LogP contribution in [0.25, 0.3) is 11.0 Å². The number of furan rings is 1. The van der Waals surface area contributed by atoms with Gasteiger partial charge in [0.2, 0.25) is 11.8 Å². The molecule has 0 radical (unpaired) electrons. The van der Waals surface area contributed by atoms with E-state index in [-0.39, 0.29) is 23.8 Å². The number of hydrogen-bond donors (Lipinski definition) is 2. The number of carbonyl (C=O) groups excluding carboxylic acids is 2. The second kappa shape index (κ2) is 10.3. The number of para-hydroxylation sites is 1. The molecule has 1 aliphatic rings. The number of rotatable bonds is 8. The molecule has 2 amide bonds. The first kappa shape index (κ1) is 23.8. The van der Waals surface area contributed by atoms with Crippen LogP contribution in [0.1, 0.15) is 39.2 Å². The quantitative estimate of drug-likeness (QED) is 0.521. The molecule has 3 aromatic rings. The highest BCUT2D eigenvalue weighted by atomic mass is 16.5. The third-order valence-electron chi connectivity index (χ3n) is 6.36. The lowest BCUT2D eigenvalue weighted by molar-refractivity contribution is -0.138. The molecule has 2 aromatic carbocycles. The first-order valence-corrected chi connectivity index (χ1v) is 11.9. The van der Waals surface area contributed by atoms with E-state index in [2.05, 4.69) is 5.32 Å². The van der Waals surface area contributed by atoms with Crippen LogP contribution in [0.15, 0.2) is 59.2 Å². The van der Waals surface area contributed by atoms with Crippen molar-refractivity contribution in [2.24, 2.45) is 11.7 Å². The Balaban J connectivity index is 1.52. The average molecular weight is 464 g/mol. The molecule has 0 bridgehead atoms. The van der Waals surface area contributed by atoms with Crippen molar-refractivity contribution in [3.8, 4) is 11.5 Å². The maximum absolute atomic E-state index is 13.4. The molecular formula is C27H33N3O4. The van der Waals surface area contributed by atoms with Crippen molar-refractivity contribution < 1.29 is 18.7 Å². The number of nitrogens with one attached hydrogen (secondary N) is 1. The van der Waals surface area contributed by atoms with E-state index >= 15 is 0 Å². The van der Waals surface area contributed by atoms with E-state index in [1.54, 1.807) is 13.2 Å². The smallest absolute Gasteiger partial charge is 0.245 e. The number of nitrogens with zero attached hydrogens (tertiary/aromatic N) is 1. The molecule has 4 rings (SSSR count). The van der Waals surface area contributed by atoms with Crippen LogP contribution in [0.2, 0.25) is 0 Å². The van der Waals surface area contributed by atoms with Gasteiger partial charge in [-0.25, -0.2) is 0 Å². The van der Waals surface area contributed by atoms with Gasteiger partial charge in [-0.15, -0.1) is 0 Å². The Morgan fingerprint density at radius 2 is 1.91 bits per heavy atom. The van der Waals surface area contributed by atoms with Gasteiger partial charge in [0.05, 0.1) is 12.3 Å². The minimum atomic E-state index is -0.659. The maximum atomic E-state index is 13.4. The average Bonchev–Trinajstić information content (AvgIpc) is 3.44. The number of hydrogen-bond acceptors (Lipinski definition) is 5. The molecule has 3 N–H and O–H groups in total. The minimum Gasteiger partial charge on any atom is -0.464 e. The first-order chi connectivity index (χ1) is 16.3. The van der Waals surface area contributed by atoms with Gasteiger partial charge < -0.3 is 25.1 Å². The standard InChI is InChI=1S/C27H33N3O4/c1-17(2)25(29-26(31)18(3)28)27(32)30-13-7-8-20(30)14-19-16-33-24-12-11-22(15-23(19)24)34-21-9-5-4-6-10-21/h4-6,9-12,15-18,20,25H,7-8,13-14,28H2,1-3H3,(H,29,31)/t18-,20-,25-/m0/s1. The van der Waals surface area contributed by atoms with Crippen LogP contribution in [0.3, 0.4) is 0 Å². The molecule has 3 atom stereocenters. The van der Waals surface area contributed by atoms with Crippen LogP contribution in [0.4, 0.5) is 0 Å². The molecule has 1 aromatic heterocycles.